The number of nitrogens with zero attached hydrogens (tertiary/aromatic N) is 2. The Hall–Kier alpha value is -1.20. The number of thiazole rings is 1. The van der Waals surface area contributed by atoms with Crippen molar-refractivity contribution in [2.24, 2.45) is 0 Å². The topological polar surface area (TPSA) is 51.4 Å². The SMILES string of the molecule is O=C(Cl)c1cnc2sccn2c1=O. The zero-order valence-corrected chi connectivity index (χ0v) is 7.80. The summed E-state index contributed by atoms with van der Waals surface area (Å²) in [6.45, 7) is 0. The van der Waals surface area contributed by atoms with E-state index in [1.165, 1.54) is 21.9 Å². The first-order valence-electron chi connectivity index (χ1n) is 3.35. The summed E-state index contributed by atoms with van der Waals surface area (Å²) in [5.74, 6) is 0. The second-order valence-electron chi connectivity index (χ2n) is 2.31. The largest absolute Gasteiger partial charge is 0.275 e. The van der Waals surface area contributed by atoms with Crippen LogP contribution in [0, 0.1) is 0 Å². The quantitative estimate of drug-likeness (QED) is 0.669. The minimum Gasteiger partial charge on any atom is -0.275 e. The Morgan fingerprint density at radius 3 is 3.08 bits per heavy atom. The summed E-state index contributed by atoms with van der Waals surface area (Å²) < 4.78 is 1.29. The highest BCUT2D eigenvalue weighted by atomic mass is 35.5. The maximum Gasteiger partial charge on any atom is 0.270 e. The molecule has 0 fully saturated rings. The van der Waals surface area contributed by atoms with Crippen molar-refractivity contribution < 1.29 is 4.79 Å². The lowest BCUT2D eigenvalue weighted by atomic mass is 10.4. The molecule has 0 aliphatic rings. The molecule has 66 valence electrons. The van der Waals surface area contributed by atoms with Gasteiger partial charge in [0.15, 0.2) is 4.96 Å². The molecule has 0 spiro atoms. The molecule has 0 bridgehead atoms. The number of hydrogen-bond donors (Lipinski definition) is 0. The van der Waals surface area contributed by atoms with Gasteiger partial charge in [-0.2, -0.15) is 0 Å². The first-order chi connectivity index (χ1) is 6.20. The van der Waals surface area contributed by atoms with E-state index in [-0.39, 0.29) is 5.56 Å². The molecule has 2 rings (SSSR count). The fraction of sp³-hybridized carbons (Fsp3) is 0. The standard InChI is InChI=1S/C7H3ClN2O2S/c8-5(11)4-3-9-7-10(6(4)12)1-2-13-7/h1-3H. The van der Waals surface area contributed by atoms with Crippen LogP contribution in [-0.4, -0.2) is 14.6 Å². The van der Waals surface area contributed by atoms with Crippen molar-refractivity contribution in [3.63, 3.8) is 0 Å². The van der Waals surface area contributed by atoms with Crippen LogP contribution in [0.3, 0.4) is 0 Å². The second-order valence-corrected chi connectivity index (χ2v) is 3.52. The number of fused-ring (bicyclic) bond motifs is 1. The fourth-order valence-corrected chi connectivity index (χ4v) is 1.76. The number of hydrogen-bond acceptors (Lipinski definition) is 4. The third kappa shape index (κ3) is 1.26. The minimum absolute atomic E-state index is 0.0995. The lowest BCUT2D eigenvalue weighted by molar-refractivity contribution is 0.107. The summed E-state index contributed by atoms with van der Waals surface area (Å²) in [4.78, 5) is 26.6. The van der Waals surface area contributed by atoms with Gasteiger partial charge in [-0.3, -0.25) is 14.0 Å². The average Bonchev–Trinajstić information content (AvgIpc) is 2.52. The van der Waals surface area contributed by atoms with Crippen molar-refractivity contribution in [3.8, 4) is 0 Å². The third-order valence-corrected chi connectivity index (χ3v) is 2.53. The van der Waals surface area contributed by atoms with Gasteiger partial charge in [-0.15, -0.1) is 11.3 Å². The summed E-state index contributed by atoms with van der Waals surface area (Å²) >= 11 is 6.51. The van der Waals surface area contributed by atoms with Crippen LogP contribution in [-0.2, 0) is 0 Å². The molecule has 0 N–H and O–H groups in total. The Bertz CT molecular complexity index is 531. The van der Waals surface area contributed by atoms with Crippen LogP contribution in [0.2, 0.25) is 0 Å². The van der Waals surface area contributed by atoms with Crippen LogP contribution in [0.4, 0.5) is 0 Å². The molecule has 0 atom stereocenters. The fourth-order valence-electron chi connectivity index (χ4n) is 0.959. The van der Waals surface area contributed by atoms with Crippen molar-refractivity contribution in [1.82, 2.24) is 9.38 Å². The lowest BCUT2D eigenvalue weighted by Crippen LogP contribution is -2.19. The van der Waals surface area contributed by atoms with E-state index in [9.17, 15) is 9.59 Å². The van der Waals surface area contributed by atoms with E-state index in [1.807, 2.05) is 0 Å². The highest BCUT2D eigenvalue weighted by Gasteiger charge is 2.10. The van der Waals surface area contributed by atoms with Crippen LogP contribution in [0.25, 0.3) is 4.96 Å². The zero-order chi connectivity index (χ0) is 9.42. The van der Waals surface area contributed by atoms with Gasteiger partial charge in [0.05, 0.1) is 0 Å². The Morgan fingerprint density at radius 1 is 1.62 bits per heavy atom. The van der Waals surface area contributed by atoms with Crippen molar-refractivity contribution >= 4 is 33.1 Å². The Morgan fingerprint density at radius 2 is 2.38 bits per heavy atom. The van der Waals surface area contributed by atoms with Crippen LogP contribution in [0.5, 0.6) is 0 Å². The first-order valence-corrected chi connectivity index (χ1v) is 4.60. The smallest absolute Gasteiger partial charge is 0.270 e. The summed E-state index contributed by atoms with van der Waals surface area (Å²) in [7, 11) is 0. The Kier molecular flexibility index (Phi) is 1.90. The van der Waals surface area contributed by atoms with Crippen molar-refractivity contribution in [1.29, 1.82) is 0 Å². The van der Waals surface area contributed by atoms with E-state index in [0.717, 1.165) is 0 Å². The molecule has 0 saturated heterocycles. The predicted molar refractivity (Wildman–Crippen MR) is 49.5 cm³/mol. The Labute approximate surface area is 81.4 Å². The molecule has 2 aromatic rings. The molecule has 2 aromatic heterocycles. The van der Waals surface area contributed by atoms with Crippen molar-refractivity contribution in [3.05, 3.63) is 33.7 Å². The molecule has 2 heterocycles. The van der Waals surface area contributed by atoms with Gasteiger partial charge in [0, 0.05) is 17.8 Å². The number of carbonyl (C=O) groups is 1. The van der Waals surface area contributed by atoms with E-state index >= 15 is 0 Å². The van der Waals surface area contributed by atoms with Crippen molar-refractivity contribution in [2.75, 3.05) is 0 Å². The first kappa shape index (κ1) is 8.40. The summed E-state index contributed by atoms with van der Waals surface area (Å²) in [6, 6.07) is 0. The highest BCUT2D eigenvalue weighted by molar-refractivity contribution is 7.15. The second kappa shape index (κ2) is 2.93. The van der Waals surface area contributed by atoms with Gasteiger partial charge in [0.1, 0.15) is 5.56 Å². The van der Waals surface area contributed by atoms with E-state index in [0.29, 0.717) is 4.96 Å². The van der Waals surface area contributed by atoms with Crippen LogP contribution < -0.4 is 5.56 Å². The Balaban J connectivity index is 2.89. The predicted octanol–water partition coefficient (Wildman–Crippen LogP) is 1.13. The molecule has 0 amide bonds. The summed E-state index contributed by atoms with van der Waals surface area (Å²) in [6.07, 6.45) is 2.75. The van der Waals surface area contributed by atoms with Crippen LogP contribution >= 0.6 is 22.9 Å². The highest BCUT2D eigenvalue weighted by Crippen LogP contribution is 2.06. The minimum atomic E-state index is -0.780. The summed E-state index contributed by atoms with van der Waals surface area (Å²) in [5.41, 5.74) is -0.524. The molecule has 13 heavy (non-hydrogen) atoms. The van der Waals surface area contributed by atoms with Gasteiger partial charge in [-0.25, -0.2) is 4.98 Å². The summed E-state index contributed by atoms with van der Waals surface area (Å²) in [5, 5.41) is 0.935. The molecule has 4 nitrogen and oxygen atoms in total. The molecule has 0 aromatic carbocycles. The molecule has 0 unspecified atom stereocenters. The molecule has 0 aliphatic heterocycles. The molecular weight excluding hydrogens is 212 g/mol. The van der Waals surface area contributed by atoms with Gasteiger partial charge in [-0.05, 0) is 11.6 Å². The van der Waals surface area contributed by atoms with Gasteiger partial charge >= 0.3 is 0 Å². The van der Waals surface area contributed by atoms with Crippen LogP contribution in [0.1, 0.15) is 10.4 Å². The normalized spacial score (nSPS) is 10.5. The molecule has 0 saturated carbocycles. The van der Waals surface area contributed by atoms with Crippen molar-refractivity contribution in [2.45, 2.75) is 0 Å². The zero-order valence-electron chi connectivity index (χ0n) is 6.23. The third-order valence-electron chi connectivity index (χ3n) is 1.55. The average molecular weight is 215 g/mol. The van der Waals surface area contributed by atoms with Gasteiger partial charge in [-0.1, -0.05) is 0 Å². The number of rotatable bonds is 1. The van der Waals surface area contributed by atoms with E-state index in [1.54, 1.807) is 11.6 Å². The number of aromatic nitrogens is 2. The molecule has 0 radical (unpaired) electrons. The number of carbonyl (C=O) groups excluding carboxylic acids is 1. The van der Waals surface area contributed by atoms with Gasteiger partial charge in [0.25, 0.3) is 10.8 Å². The van der Waals surface area contributed by atoms with E-state index in [4.69, 9.17) is 11.6 Å². The van der Waals surface area contributed by atoms with E-state index < -0.39 is 10.8 Å². The van der Waals surface area contributed by atoms with E-state index in [2.05, 4.69) is 4.98 Å². The van der Waals surface area contributed by atoms with Crippen LogP contribution in [0.15, 0.2) is 22.6 Å². The maximum absolute atomic E-state index is 11.5. The lowest BCUT2D eigenvalue weighted by Gasteiger charge is -1.93. The number of halogens is 1. The molecule has 0 aliphatic carbocycles. The van der Waals surface area contributed by atoms with Gasteiger partial charge < -0.3 is 0 Å². The molecule has 6 heteroatoms. The monoisotopic (exact) mass is 214 g/mol. The molecular formula is C7H3ClN2O2S. The van der Waals surface area contributed by atoms with Gasteiger partial charge in [0.2, 0.25) is 0 Å². The maximum atomic E-state index is 11.5.